The average molecular weight is 276 g/mol. The third-order valence-electron chi connectivity index (χ3n) is 4.05. The lowest BCUT2D eigenvalue weighted by molar-refractivity contribution is 0.419. The number of unbranched alkanes of at least 4 members (excludes halogenated alkanes) is 1. The number of likely N-dealkylation sites (N-methyl/N-ethyl adjacent to an activating group) is 1. The summed E-state index contributed by atoms with van der Waals surface area (Å²) in [4.78, 5) is 0. The summed E-state index contributed by atoms with van der Waals surface area (Å²) in [5.74, 6) is 0.833. The van der Waals surface area contributed by atoms with Crippen LogP contribution in [-0.4, -0.2) is 20.1 Å². The van der Waals surface area contributed by atoms with Crippen LogP contribution in [-0.2, 0) is 13.0 Å². The number of hydrogen-bond acceptors (Lipinski definition) is 2. The van der Waals surface area contributed by atoms with Crippen molar-refractivity contribution in [2.75, 3.05) is 20.1 Å². The predicted octanol–water partition coefficient (Wildman–Crippen LogP) is 3.75. The molecule has 0 aliphatic rings. The Bertz CT molecular complexity index is 349. The molecule has 0 heterocycles. The fourth-order valence-corrected chi connectivity index (χ4v) is 2.59. The molecule has 0 saturated carbocycles. The van der Waals surface area contributed by atoms with Crippen molar-refractivity contribution in [1.82, 2.24) is 10.6 Å². The smallest absolute Gasteiger partial charge is 0.0208 e. The van der Waals surface area contributed by atoms with Gasteiger partial charge in [-0.1, -0.05) is 57.4 Å². The van der Waals surface area contributed by atoms with E-state index >= 15 is 0 Å². The van der Waals surface area contributed by atoms with Crippen molar-refractivity contribution in [1.29, 1.82) is 0 Å². The number of rotatable bonds is 11. The number of hydrogen-bond donors (Lipinski definition) is 2. The molecule has 1 atom stereocenters. The Kier molecular flexibility index (Phi) is 9.35. The van der Waals surface area contributed by atoms with Gasteiger partial charge in [-0.05, 0) is 50.0 Å². The van der Waals surface area contributed by atoms with Crippen molar-refractivity contribution in [3.63, 3.8) is 0 Å². The molecular weight excluding hydrogens is 244 g/mol. The van der Waals surface area contributed by atoms with E-state index in [1.54, 1.807) is 0 Å². The molecule has 2 heteroatoms. The lowest BCUT2D eigenvalue weighted by atomic mass is 9.99. The maximum Gasteiger partial charge on any atom is 0.0208 e. The minimum Gasteiger partial charge on any atom is -0.319 e. The van der Waals surface area contributed by atoms with Crippen LogP contribution in [0.3, 0.4) is 0 Å². The van der Waals surface area contributed by atoms with E-state index in [1.807, 2.05) is 7.05 Å². The van der Waals surface area contributed by atoms with Gasteiger partial charge in [-0.25, -0.2) is 0 Å². The molecule has 2 nitrogen and oxygen atoms in total. The Balaban J connectivity index is 2.40. The van der Waals surface area contributed by atoms with Gasteiger partial charge in [0, 0.05) is 6.54 Å². The Labute approximate surface area is 125 Å². The molecule has 0 aliphatic heterocycles. The van der Waals surface area contributed by atoms with Crippen LogP contribution in [0, 0.1) is 5.92 Å². The van der Waals surface area contributed by atoms with Gasteiger partial charge in [0.05, 0.1) is 0 Å². The van der Waals surface area contributed by atoms with Crippen molar-refractivity contribution in [3.05, 3.63) is 35.4 Å². The summed E-state index contributed by atoms with van der Waals surface area (Å²) in [7, 11) is 2.01. The van der Waals surface area contributed by atoms with Crippen LogP contribution in [0.5, 0.6) is 0 Å². The highest BCUT2D eigenvalue weighted by Crippen LogP contribution is 2.13. The Morgan fingerprint density at radius 3 is 2.50 bits per heavy atom. The molecule has 0 amide bonds. The molecule has 0 aromatic heterocycles. The fourth-order valence-electron chi connectivity index (χ4n) is 2.59. The van der Waals surface area contributed by atoms with Gasteiger partial charge in [-0.3, -0.25) is 0 Å². The zero-order valence-corrected chi connectivity index (χ0v) is 13.5. The third-order valence-corrected chi connectivity index (χ3v) is 4.05. The number of nitrogens with one attached hydrogen (secondary N) is 2. The summed E-state index contributed by atoms with van der Waals surface area (Å²) in [6.45, 7) is 7.78. The van der Waals surface area contributed by atoms with Gasteiger partial charge in [-0.15, -0.1) is 0 Å². The zero-order chi connectivity index (χ0) is 14.6. The van der Waals surface area contributed by atoms with E-state index in [0.29, 0.717) is 0 Å². The second-order valence-electron chi connectivity index (χ2n) is 5.67. The van der Waals surface area contributed by atoms with Gasteiger partial charge in [0.2, 0.25) is 0 Å². The summed E-state index contributed by atoms with van der Waals surface area (Å²) in [5.41, 5.74) is 2.92. The molecule has 114 valence electrons. The molecular formula is C18H32N2. The van der Waals surface area contributed by atoms with Gasteiger partial charge in [0.1, 0.15) is 0 Å². The number of benzene rings is 1. The van der Waals surface area contributed by atoms with Crippen LogP contribution in [0.2, 0.25) is 0 Å². The van der Waals surface area contributed by atoms with E-state index in [0.717, 1.165) is 32.0 Å². The summed E-state index contributed by atoms with van der Waals surface area (Å²) >= 11 is 0. The lowest BCUT2D eigenvalue weighted by Gasteiger charge is -2.16. The van der Waals surface area contributed by atoms with Crippen LogP contribution < -0.4 is 10.6 Å². The second-order valence-corrected chi connectivity index (χ2v) is 5.67. The van der Waals surface area contributed by atoms with Crippen molar-refractivity contribution in [2.45, 2.75) is 52.5 Å². The topological polar surface area (TPSA) is 24.1 Å². The Hall–Kier alpha value is -0.860. The summed E-state index contributed by atoms with van der Waals surface area (Å²) < 4.78 is 0. The van der Waals surface area contributed by atoms with Crippen molar-refractivity contribution in [2.24, 2.45) is 5.92 Å². The molecule has 1 unspecified atom stereocenters. The monoisotopic (exact) mass is 276 g/mol. The highest BCUT2D eigenvalue weighted by molar-refractivity contribution is 5.27. The van der Waals surface area contributed by atoms with E-state index in [9.17, 15) is 0 Å². The highest BCUT2D eigenvalue weighted by Gasteiger charge is 2.06. The molecule has 1 aromatic carbocycles. The van der Waals surface area contributed by atoms with Crippen LogP contribution in [0.4, 0.5) is 0 Å². The summed E-state index contributed by atoms with van der Waals surface area (Å²) in [6, 6.07) is 8.80. The molecule has 20 heavy (non-hydrogen) atoms. The first-order valence-electron chi connectivity index (χ1n) is 8.23. The Morgan fingerprint density at radius 1 is 1.10 bits per heavy atom. The van der Waals surface area contributed by atoms with Crippen molar-refractivity contribution < 1.29 is 0 Å². The highest BCUT2D eigenvalue weighted by atomic mass is 14.9. The second kappa shape index (κ2) is 10.9. The van der Waals surface area contributed by atoms with E-state index in [-0.39, 0.29) is 0 Å². The first-order valence-corrected chi connectivity index (χ1v) is 8.23. The van der Waals surface area contributed by atoms with Crippen LogP contribution >= 0.6 is 0 Å². The maximum atomic E-state index is 3.66. The average Bonchev–Trinajstić information content (AvgIpc) is 2.49. The zero-order valence-electron chi connectivity index (χ0n) is 13.5. The lowest BCUT2D eigenvalue weighted by Crippen LogP contribution is -2.23. The van der Waals surface area contributed by atoms with Crippen molar-refractivity contribution in [3.8, 4) is 0 Å². The van der Waals surface area contributed by atoms with Gasteiger partial charge in [0.15, 0.2) is 0 Å². The van der Waals surface area contributed by atoms with Gasteiger partial charge in [-0.2, -0.15) is 0 Å². The quantitative estimate of drug-likeness (QED) is 0.643. The predicted molar refractivity (Wildman–Crippen MR) is 89.1 cm³/mol. The molecule has 1 rings (SSSR count). The van der Waals surface area contributed by atoms with Gasteiger partial charge >= 0.3 is 0 Å². The van der Waals surface area contributed by atoms with E-state index in [1.165, 1.54) is 36.8 Å². The molecule has 2 N–H and O–H groups in total. The summed E-state index contributed by atoms with van der Waals surface area (Å²) in [6.07, 6.45) is 6.43. The molecule has 0 saturated heterocycles. The fraction of sp³-hybridized carbons (Fsp3) is 0.667. The van der Waals surface area contributed by atoms with Crippen LogP contribution in [0.1, 0.15) is 50.7 Å². The molecule has 0 bridgehead atoms. The van der Waals surface area contributed by atoms with E-state index in [2.05, 4.69) is 48.7 Å². The summed E-state index contributed by atoms with van der Waals surface area (Å²) in [5, 5.41) is 6.89. The minimum absolute atomic E-state index is 0.833. The first-order chi connectivity index (χ1) is 9.81. The van der Waals surface area contributed by atoms with Gasteiger partial charge in [0.25, 0.3) is 0 Å². The van der Waals surface area contributed by atoms with E-state index < -0.39 is 0 Å². The largest absolute Gasteiger partial charge is 0.319 e. The van der Waals surface area contributed by atoms with Crippen molar-refractivity contribution >= 4 is 0 Å². The third kappa shape index (κ3) is 6.53. The SMILES string of the molecule is CCCCC(CC)CNCc1ccccc1CCNC. The first kappa shape index (κ1) is 17.2. The normalized spacial score (nSPS) is 12.6. The Morgan fingerprint density at radius 2 is 1.85 bits per heavy atom. The molecule has 0 spiro atoms. The van der Waals surface area contributed by atoms with Crippen LogP contribution in [0.15, 0.2) is 24.3 Å². The maximum absolute atomic E-state index is 3.66. The van der Waals surface area contributed by atoms with E-state index in [4.69, 9.17) is 0 Å². The minimum atomic E-state index is 0.833. The standard InChI is InChI=1S/C18H32N2/c1-4-6-9-16(5-2)14-20-15-18-11-8-7-10-17(18)12-13-19-3/h7-8,10-11,16,19-20H,4-6,9,12-15H2,1-3H3. The molecule has 1 aromatic rings. The van der Waals surface area contributed by atoms with Crippen LogP contribution in [0.25, 0.3) is 0 Å². The van der Waals surface area contributed by atoms with Gasteiger partial charge < -0.3 is 10.6 Å². The molecule has 0 fully saturated rings. The molecule has 0 aliphatic carbocycles. The molecule has 0 radical (unpaired) electrons.